The van der Waals surface area contributed by atoms with Crippen molar-refractivity contribution < 1.29 is 14.1 Å². The van der Waals surface area contributed by atoms with Crippen molar-refractivity contribution >= 4 is 16.9 Å². The summed E-state index contributed by atoms with van der Waals surface area (Å²) in [5.41, 5.74) is 1.74. The fraction of sp³-hybridized carbons (Fsp3) is 0.381. The van der Waals surface area contributed by atoms with Crippen molar-refractivity contribution in [3.05, 3.63) is 53.9 Å². The van der Waals surface area contributed by atoms with E-state index >= 15 is 0 Å². The molecule has 2 aliphatic rings. The van der Waals surface area contributed by atoms with Crippen LogP contribution < -0.4 is 4.74 Å². The Hall–Kier alpha value is -2.93. The molecule has 0 spiro atoms. The first kappa shape index (κ1) is 17.2. The van der Waals surface area contributed by atoms with Gasteiger partial charge in [-0.05, 0) is 42.8 Å². The number of nitrogens with zero attached hydrogens (tertiary/aromatic N) is 4. The van der Waals surface area contributed by atoms with Gasteiger partial charge in [0.1, 0.15) is 5.75 Å². The Morgan fingerprint density at radius 2 is 2.00 bits per heavy atom. The second-order valence-electron chi connectivity index (χ2n) is 7.68. The Labute approximate surface area is 162 Å². The summed E-state index contributed by atoms with van der Waals surface area (Å²) >= 11 is 0. The minimum atomic E-state index is -0.0963. The number of benzene rings is 1. The number of ether oxygens (including phenoxy) is 1. The molecule has 0 bridgehead atoms. The van der Waals surface area contributed by atoms with E-state index < -0.39 is 0 Å². The summed E-state index contributed by atoms with van der Waals surface area (Å²) < 4.78 is 10.6. The predicted molar refractivity (Wildman–Crippen MR) is 103 cm³/mol. The van der Waals surface area contributed by atoms with Crippen molar-refractivity contribution in [3.8, 4) is 5.75 Å². The first-order valence-corrected chi connectivity index (χ1v) is 9.49. The molecule has 2 aromatic heterocycles. The molecule has 1 amide bonds. The summed E-state index contributed by atoms with van der Waals surface area (Å²) in [6.45, 7) is 2.43. The molecule has 3 aromatic rings. The van der Waals surface area contributed by atoms with E-state index in [-0.39, 0.29) is 11.7 Å². The van der Waals surface area contributed by atoms with Gasteiger partial charge in [0.2, 0.25) is 11.4 Å². The Kier molecular flexibility index (Phi) is 4.05. The molecule has 0 radical (unpaired) electrons. The number of methoxy groups -OCH3 is 1. The predicted octanol–water partition coefficient (Wildman–Crippen LogP) is 2.61. The van der Waals surface area contributed by atoms with Crippen LogP contribution in [0.15, 0.2) is 47.1 Å². The summed E-state index contributed by atoms with van der Waals surface area (Å²) in [6.07, 6.45) is 1.65. The largest absolute Gasteiger partial charge is 0.497 e. The smallest absolute Gasteiger partial charge is 0.293 e. The summed E-state index contributed by atoms with van der Waals surface area (Å²) in [7, 11) is 3.84. The number of pyridine rings is 1. The van der Waals surface area contributed by atoms with Crippen LogP contribution in [0.25, 0.3) is 11.0 Å². The van der Waals surface area contributed by atoms with E-state index in [1.165, 1.54) is 5.56 Å². The number of fused-ring (bicyclic) bond motifs is 2. The molecule has 4 heterocycles. The number of aromatic nitrogens is 2. The third kappa shape index (κ3) is 2.65. The van der Waals surface area contributed by atoms with Crippen molar-refractivity contribution in [3.63, 3.8) is 0 Å². The molecule has 2 fully saturated rings. The van der Waals surface area contributed by atoms with Crippen LogP contribution in [-0.4, -0.2) is 59.6 Å². The Morgan fingerprint density at radius 3 is 2.79 bits per heavy atom. The van der Waals surface area contributed by atoms with Gasteiger partial charge < -0.3 is 14.2 Å². The zero-order valence-electron chi connectivity index (χ0n) is 15.9. The number of amides is 1. The van der Waals surface area contributed by atoms with E-state index in [4.69, 9.17) is 9.26 Å². The van der Waals surface area contributed by atoms with E-state index in [0.29, 0.717) is 35.5 Å². The average molecular weight is 378 g/mol. The molecule has 5 rings (SSSR count). The van der Waals surface area contributed by atoms with Gasteiger partial charge in [-0.15, -0.1) is 0 Å². The Balaban J connectivity index is 1.39. The zero-order valence-corrected chi connectivity index (χ0v) is 15.9. The summed E-state index contributed by atoms with van der Waals surface area (Å²) in [5.74, 6) is 1.90. The fourth-order valence-corrected chi connectivity index (χ4v) is 4.81. The number of carbonyl (C=O) groups is 1. The molecule has 2 aliphatic heterocycles. The van der Waals surface area contributed by atoms with Crippen molar-refractivity contribution in [2.75, 3.05) is 33.8 Å². The van der Waals surface area contributed by atoms with Crippen LogP contribution in [0.2, 0.25) is 0 Å². The van der Waals surface area contributed by atoms with E-state index in [1.54, 1.807) is 19.4 Å². The van der Waals surface area contributed by atoms with Crippen molar-refractivity contribution in [1.29, 1.82) is 0 Å². The maximum Gasteiger partial charge on any atom is 0.293 e. The standard InChI is InChI=1S/C21H22N4O3/c1-24-10-14-11-25(21(26)19-16-4-3-9-22-20(16)23-28-19)12-17(14)18(24)13-5-7-15(27-2)8-6-13/h3-9,14,17-18H,10-12H2,1-2H3/t14-,17+,18-/m0/s1. The topological polar surface area (TPSA) is 71.7 Å². The van der Waals surface area contributed by atoms with Crippen molar-refractivity contribution in [2.45, 2.75) is 6.04 Å². The molecule has 0 N–H and O–H groups in total. The van der Waals surface area contributed by atoms with E-state index in [2.05, 4.69) is 34.2 Å². The summed E-state index contributed by atoms with van der Waals surface area (Å²) in [6, 6.07) is 12.2. The van der Waals surface area contributed by atoms with Gasteiger partial charge in [0.05, 0.1) is 12.5 Å². The molecule has 7 nitrogen and oxygen atoms in total. The third-order valence-electron chi connectivity index (χ3n) is 6.09. The highest BCUT2D eigenvalue weighted by atomic mass is 16.5. The molecule has 3 atom stereocenters. The average Bonchev–Trinajstić information content (AvgIpc) is 3.40. The quantitative estimate of drug-likeness (QED) is 0.698. The van der Waals surface area contributed by atoms with Gasteiger partial charge in [0.15, 0.2) is 0 Å². The number of rotatable bonds is 3. The third-order valence-corrected chi connectivity index (χ3v) is 6.09. The van der Waals surface area contributed by atoms with Gasteiger partial charge in [-0.1, -0.05) is 17.3 Å². The second kappa shape index (κ2) is 6.60. The van der Waals surface area contributed by atoms with Crippen molar-refractivity contribution in [1.82, 2.24) is 19.9 Å². The lowest BCUT2D eigenvalue weighted by Crippen LogP contribution is -2.33. The molecule has 144 valence electrons. The minimum Gasteiger partial charge on any atom is -0.497 e. The molecule has 0 saturated carbocycles. The zero-order chi connectivity index (χ0) is 19.3. The van der Waals surface area contributed by atoms with Crippen molar-refractivity contribution in [2.24, 2.45) is 11.8 Å². The highest BCUT2D eigenvalue weighted by Gasteiger charge is 2.47. The van der Waals surface area contributed by atoms with Gasteiger partial charge in [0, 0.05) is 37.8 Å². The van der Waals surface area contributed by atoms with Crippen LogP contribution in [0.1, 0.15) is 22.2 Å². The Morgan fingerprint density at radius 1 is 1.18 bits per heavy atom. The van der Waals surface area contributed by atoms with Gasteiger partial charge >= 0.3 is 0 Å². The van der Waals surface area contributed by atoms with E-state index in [9.17, 15) is 4.79 Å². The number of hydrogen-bond acceptors (Lipinski definition) is 6. The fourth-order valence-electron chi connectivity index (χ4n) is 4.81. The SMILES string of the molecule is COc1ccc([C@H]2[C@@H]3CN(C(=O)c4onc5ncccc45)C[C@@H]3CN2C)cc1. The van der Waals surface area contributed by atoms with Crippen LogP contribution in [0, 0.1) is 11.8 Å². The van der Waals surface area contributed by atoms with Gasteiger partial charge in [-0.2, -0.15) is 0 Å². The highest BCUT2D eigenvalue weighted by molar-refractivity contribution is 6.02. The lowest BCUT2D eigenvalue weighted by molar-refractivity contribution is 0.0729. The maximum atomic E-state index is 13.1. The molecular formula is C21H22N4O3. The van der Waals surface area contributed by atoms with Crippen LogP contribution in [0.3, 0.4) is 0 Å². The number of carbonyl (C=O) groups excluding carboxylic acids is 1. The lowest BCUT2D eigenvalue weighted by Gasteiger charge is -2.26. The normalized spacial score (nSPS) is 24.6. The molecule has 28 heavy (non-hydrogen) atoms. The van der Waals surface area contributed by atoms with E-state index in [1.807, 2.05) is 23.1 Å². The van der Waals surface area contributed by atoms with Gasteiger partial charge in [-0.3, -0.25) is 9.69 Å². The summed E-state index contributed by atoms with van der Waals surface area (Å²) in [5, 5.41) is 4.59. The second-order valence-corrected chi connectivity index (χ2v) is 7.68. The molecular weight excluding hydrogens is 356 g/mol. The maximum absolute atomic E-state index is 13.1. The first-order chi connectivity index (χ1) is 13.7. The number of likely N-dealkylation sites (tertiary alicyclic amines) is 2. The molecule has 0 aliphatic carbocycles. The lowest BCUT2D eigenvalue weighted by atomic mass is 9.89. The first-order valence-electron chi connectivity index (χ1n) is 9.49. The number of hydrogen-bond donors (Lipinski definition) is 0. The van der Waals surface area contributed by atoms with Gasteiger partial charge in [0.25, 0.3) is 5.91 Å². The van der Waals surface area contributed by atoms with Crippen LogP contribution in [-0.2, 0) is 0 Å². The van der Waals surface area contributed by atoms with Crippen LogP contribution in [0.5, 0.6) is 5.75 Å². The molecule has 2 saturated heterocycles. The molecule has 0 unspecified atom stereocenters. The molecule has 1 aromatic carbocycles. The monoisotopic (exact) mass is 378 g/mol. The highest BCUT2D eigenvalue weighted by Crippen LogP contribution is 2.44. The summed E-state index contributed by atoms with van der Waals surface area (Å²) in [4.78, 5) is 21.6. The van der Waals surface area contributed by atoms with Crippen LogP contribution in [0.4, 0.5) is 0 Å². The molecule has 7 heteroatoms. The van der Waals surface area contributed by atoms with Crippen LogP contribution >= 0.6 is 0 Å². The Bertz CT molecular complexity index is 1020. The minimum absolute atomic E-state index is 0.0963. The van der Waals surface area contributed by atoms with Gasteiger partial charge in [-0.25, -0.2) is 4.98 Å². The van der Waals surface area contributed by atoms with E-state index in [0.717, 1.165) is 18.8 Å².